The number of rotatable bonds is 5. The highest BCUT2D eigenvalue weighted by molar-refractivity contribution is 7.22. The summed E-state index contributed by atoms with van der Waals surface area (Å²) in [4.78, 5) is 29.5. The summed E-state index contributed by atoms with van der Waals surface area (Å²) in [5.74, 6) is -0.661. The van der Waals surface area contributed by atoms with Crippen molar-refractivity contribution < 1.29 is 14.7 Å². The van der Waals surface area contributed by atoms with Gasteiger partial charge in [-0.3, -0.25) is 14.9 Å². The maximum Gasteiger partial charge on any atom is 0.273 e. The molecule has 28 heavy (non-hydrogen) atoms. The van der Waals surface area contributed by atoms with Crippen molar-refractivity contribution in [1.82, 2.24) is 20.1 Å². The molecule has 0 unspecified atom stereocenters. The Morgan fingerprint density at radius 3 is 2.50 bits per heavy atom. The summed E-state index contributed by atoms with van der Waals surface area (Å²) in [6.07, 6.45) is -0.661. The highest BCUT2D eigenvalue weighted by Crippen LogP contribution is 2.32. The van der Waals surface area contributed by atoms with Crippen LogP contribution in [-0.4, -0.2) is 44.3 Å². The van der Waals surface area contributed by atoms with Gasteiger partial charge in [0, 0.05) is 12.1 Å². The fourth-order valence-corrected chi connectivity index (χ4v) is 3.48. The molecule has 0 bridgehead atoms. The van der Waals surface area contributed by atoms with Gasteiger partial charge in [-0.05, 0) is 39.8 Å². The third-order valence-corrected chi connectivity index (χ3v) is 4.86. The maximum absolute atomic E-state index is 12.5. The zero-order valence-corrected chi connectivity index (χ0v) is 17.0. The number of hydrogen-bond acceptors (Lipinski definition) is 6. The zero-order valence-electron chi connectivity index (χ0n) is 16.2. The number of carbonyl (C=O) groups is 2. The Morgan fingerprint density at radius 1 is 1.21 bits per heavy atom. The molecule has 0 aliphatic rings. The average Bonchev–Trinajstić information content (AvgIpc) is 3.18. The Hall–Kier alpha value is -2.78. The molecule has 148 valence electrons. The lowest BCUT2D eigenvalue weighted by molar-refractivity contribution is 0.0918. The van der Waals surface area contributed by atoms with Crippen LogP contribution in [0.4, 0.5) is 5.13 Å². The van der Waals surface area contributed by atoms with Gasteiger partial charge in [0.05, 0.1) is 11.6 Å². The number of nitrogens with zero attached hydrogens (tertiary/aromatic N) is 3. The molecule has 1 aromatic carbocycles. The number of aliphatic hydroxyl groups is 1. The van der Waals surface area contributed by atoms with Gasteiger partial charge in [-0.15, -0.1) is 0 Å². The number of thiazole rings is 1. The Kier molecular flexibility index (Phi) is 5.48. The maximum atomic E-state index is 12.5. The summed E-state index contributed by atoms with van der Waals surface area (Å²) >= 11 is 1.20. The second-order valence-corrected chi connectivity index (χ2v) is 8.48. The minimum absolute atomic E-state index is 0.124. The van der Waals surface area contributed by atoms with Crippen LogP contribution in [0.3, 0.4) is 0 Å². The molecular formula is C19H23N5O3S. The topological polar surface area (TPSA) is 109 Å². The summed E-state index contributed by atoms with van der Waals surface area (Å²) in [6, 6.07) is 8.85. The first-order valence-corrected chi connectivity index (χ1v) is 9.71. The summed E-state index contributed by atoms with van der Waals surface area (Å²) in [5.41, 5.74) is 0.871. The van der Waals surface area contributed by atoms with Crippen LogP contribution in [0.2, 0.25) is 0 Å². The van der Waals surface area contributed by atoms with Crippen LogP contribution in [0.5, 0.6) is 0 Å². The van der Waals surface area contributed by atoms with Crippen LogP contribution in [0.25, 0.3) is 10.3 Å². The number of aliphatic hydroxyl groups excluding tert-OH is 1. The fraction of sp³-hybridized carbons (Fsp3) is 0.368. The van der Waals surface area contributed by atoms with E-state index in [0.29, 0.717) is 21.0 Å². The van der Waals surface area contributed by atoms with Crippen LogP contribution >= 0.6 is 11.3 Å². The van der Waals surface area contributed by atoms with Crippen molar-refractivity contribution in [2.45, 2.75) is 39.3 Å². The lowest BCUT2D eigenvalue weighted by atomic mass is 10.1. The molecule has 1 atom stereocenters. The molecule has 0 aliphatic carbocycles. The van der Waals surface area contributed by atoms with Crippen molar-refractivity contribution in [3.8, 4) is 0 Å². The molecule has 8 nitrogen and oxygen atoms in total. The van der Waals surface area contributed by atoms with Crippen LogP contribution < -0.4 is 10.6 Å². The fourth-order valence-electron chi connectivity index (χ4n) is 2.56. The molecule has 9 heteroatoms. The van der Waals surface area contributed by atoms with E-state index >= 15 is 0 Å². The quantitative estimate of drug-likeness (QED) is 0.609. The van der Waals surface area contributed by atoms with E-state index in [4.69, 9.17) is 0 Å². The molecule has 2 amide bonds. The Morgan fingerprint density at radius 2 is 1.89 bits per heavy atom. The van der Waals surface area contributed by atoms with Gasteiger partial charge in [0.2, 0.25) is 0 Å². The third kappa shape index (κ3) is 4.20. The molecule has 0 saturated carbocycles. The predicted molar refractivity (Wildman–Crippen MR) is 109 cm³/mol. The Bertz CT molecular complexity index is 1000. The van der Waals surface area contributed by atoms with E-state index in [1.807, 2.05) is 26.8 Å². The minimum Gasteiger partial charge on any atom is -0.392 e. The number of fused-ring (bicyclic) bond motifs is 1. The van der Waals surface area contributed by atoms with Gasteiger partial charge in [0.1, 0.15) is 4.70 Å². The largest absolute Gasteiger partial charge is 0.392 e. The Labute approximate surface area is 166 Å². The summed E-state index contributed by atoms with van der Waals surface area (Å²) in [5, 5.41) is 19.7. The molecule has 3 rings (SSSR count). The van der Waals surface area contributed by atoms with Gasteiger partial charge in [0.25, 0.3) is 11.8 Å². The van der Waals surface area contributed by atoms with Crippen molar-refractivity contribution in [1.29, 1.82) is 0 Å². The molecule has 3 aromatic rings. The minimum atomic E-state index is -0.661. The highest BCUT2D eigenvalue weighted by atomic mass is 32.1. The van der Waals surface area contributed by atoms with E-state index in [9.17, 15) is 14.7 Å². The number of benzene rings is 1. The SMILES string of the molecule is C[C@H](O)CNC(=O)c1nn(C(C)(C)C)c2nc(NC(=O)c3ccccc3)sc12. The van der Waals surface area contributed by atoms with Crippen molar-refractivity contribution in [3.05, 3.63) is 41.6 Å². The lowest BCUT2D eigenvalue weighted by Gasteiger charge is -2.19. The van der Waals surface area contributed by atoms with Crippen molar-refractivity contribution in [2.24, 2.45) is 0 Å². The van der Waals surface area contributed by atoms with Gasteiger partial charge in [0.15, 0.2) is 16.5 Å². The molecular weight excluding hydrogens is 378 g/mol. The number of anilines is 1. The standard InChI is InChI=1S/C19H23N5O3S/c1-11(25)10-20-17(27)13-14-15(24(23-13)19(2,3)4)21-18(28-14)22-16(26)12-8-6-5-7-9-12/h5-9,11,25H,10H2,1-4H3,(H,20,27)(H,21,22,26)/t11-/m0/s1. The van der Waals surface area contributed by atoms with E-state index < -0.39 is 17.6 Å². The third-order valence-electron chi connectivity index (χ3n) is 3.89. The average molecular weight is 401 g/mol. The molecule has 2 heterocycles. The summed E-state index contributed by atoms with van der Waals surface area (Å²) in [7, 11) is 0. The van der Waals surface area contributed by atoms with Crippen molar-refractivity contribution >= 4 is 38.6 Å². The number of amides is 2. The number of hydrogen-bond donors (Lipinski definition) is 3. The molecule has 0 saturated heterocycles. The van der Waals surface area contributed by atoms with E-state index in [1.54, 1.807) is 35.9 Å². The number of carbonyl (C=O) groups excluding carboxylic acids is 2. The normalized spacial score (nSPS) is 12.8. The van der Waals surface area contributed by atoms with Gasteiger partial charge in [-0.25, -0.2) is 4.68 Å². The first-order chi connectivity index (χ1) is 13.2. The van der Waals surface area contributed by atoms with Crippen molar-refractivity contribution in [2.75, 3.05) is 11.9 Å². The molecule has 0 radical (unpaired) electrons. The highest BCUT2D eigenvalue weighted by Gasteiger charge is 2.27. The molecule has 0 aliphatic heterocycles. The monoisotopic (exact) mass is 401 g/mol. The van der Waals surface area contributed by atoms with E-state index in [-0.39, 0.29) is 18.1 Å². The molecule has 0 fully saturated rings. The molecule has 3 N–H and O–H groups in total. The number of nitrogens with one attached hydrogen (secondary N) is 2. The van der Waals surface area contributed by atoms with Crippen LogP contribution in [0, 0.1) is 0 Å². The second kappa shape index (κ2) is 7.69. The lowest BCUT2D eigenvalue weighted by Crippen LogP contribution is -2.31. The molecule has 2 aromatic heterocycles. The van der Waals surface area contributed by atoms with Gasteiger partial charge in [-0.2, -0.15) is 10.1 Å². The predicted octanol–water partition coefficient (Wildman–Crippen LogP) is 2.61. The second-order valence-electron chi connectivity index (χ2n) is 7.48. The van der Waals surface area contributed by atoms with E-state index in [0.717, 1.165) is 0 Å². The molecule has 0 spiro atoms. The van der Waals surface area contributed by atoms with Crippen LogP contribution in [0.1, 0.15) is 48.5 Å². The smallest absolute Gasteiger partial charge is 0.273 e. The van der Waals surface area contributed by atoms with Crippen LogP contribution in [-0.2, 0) is 5.54 Å². The Balaban J connectivity index is 1.96. The van der Waals surface area contributed by atoms with E-state index in [2.05, 4.69) is 20.7 Å². The summed E-state index contributed by atoms with van der Waals surface area (Å²) in [6.45, 7) is 7.59. The first-order valence-electron chi connectivity index (χ1n) is 8.89. The van der Waals surface area contributed by atoms with E-state index in [1.165, 1.54) is 11.3 Å². The summed E-state index contributed by atoms with van der Waals surface area (Å²) < 4.78 is 2.26. The first kappa shape index (κ1) is 20.0. The van der Waals surface area contributed by atoms with Gasteiger partial charge < -0.3 is 10.4 Å². The van der Waals surface area contributed by atoms with Gasteiger partial charge in [-0.1, -0.05) is 29.5 Å². The zero-order chi connectivity index (χ0) is 20.5. The van der Waals surface area contributed by atoms with Crippen LogP contribution in [0.15, 0.2) is 30.3 Å². The van der Waals surface area contributed by atoms with Gasteiger partial charge >= 0.3 is 0 Å². The van der Waals surface area contributed by atoms with Crippen molar-refractivity contribution in [3.63, 3.8) is 0 Å². The number of aromatic nitrogens is 3.